The number of ether oxygens (including phenoxy) is 1. The summed E-state index contributed by atoms with van der Waals surface area (Å²) in [5.41, 5.74) is 3.45. The van der Waals surface area contributed by atoms with Crippen molar-refractivity contribution in [2.24, 2.45) is 0 Å². The zero-order chi connectivity index (χ0) is 31.7. The lowest BCUT2D eigenvalue weighted by atomic mass is 9.92. The molecule has 10 heteroatoms. The Labute approximate surface area is 266 Å². The van der Waals surface area contributed by atoms with E-state index in [0.717, 1.165) is 60.7 Å². The number of piperazine rings is 1. The molecule has 6 heterocycles. The van der Waals surface area contributed by atoms with Crippen molar-refractivity contribution < 1.29 is 19.0 Å². The van der Waals surface area contributed by atoms with Gasteiger partial charge < -0.3 is 14.7 Å². The van der Waals surface area contributed by atoms with Gasteiger partial charge in [0.15, 0.2) is 5.82 Å². The first-order valence-electron chi connectivity index (χ1n) is 15.6. The molecule has 2 aromatic carbocycles. The van der Waals surface area contributed by atoms with Gasteiger partial charge in [0.1, 0.15) is 23.6 Å². The van der Waals surface area contributed by atoms with Crippen LogP contribution < -0.4 is 9.64 Å². The molecule has 1 N–H and O–H groups in total. The van der Waals surface area contributed by atoms with Crippen molar-refractivity contribution in [1.29, 1.82) is 0 Å². The maximum absolute atomic E-state index is 16.8. The molecule has 2 bridgehead atoms. The van der Waals surface area contributed by atoms with Crippen molar-refractivity contribution in [3.63, 3.8) is 0 Å². The lowest BCUT2D eigenvalue weighted by Gasteiger charge is -2.40. The van der Waals surface area contributed by atoms with Gasteiger partial charge in [0.25, 0.3) is 0 Å². The SMILES string of the molecule is C#Cc1cccc2cccc(-c3ncc4c(N5C[C@H]6CC[C@@H](C5)N6C(=O)O)nc(OCC56CC(=C)CN5CC(=C)C6)nc4c3F)c12. The Morgan fingerprint density at radius 2 is 1.78 bits per heavy atom. The Morgan fingerprint density at radius 3 is 2.46 bits per heavy atom. The van der Waals surface area contributed by atoms with Crippen LogP contribution in [0.1, 0.15) is 31.2 Å². The van der Waals surface area contributed by atoms with E-state index in [2.05, 4.69) is 33.9 Å². The van der Waals surface area contributed by atoms with Gasteiger partial charge in [-0.1, -0.05) is 60.6 Å². The first kappa shape index (κ1) is 28.5. The molecule has 46 heavy (non-hydrogen) atoms. The van der Waals surface area contributed by atoms with Gasteiger partial charge >= 0.3 is 12.1 Å². The third kappa shape index (κ3) is 4.41. The van der Waals surface area contributed by atoms with Gasteiger partial charge in [0, 0.05) is 48.9 Å². The maximum atomic E-state index is 16.8. The molecule has 8 rings (SSSR count). The lowest BCUT2D eigenvalue weighted by molar-refractivity contribution is 0.107. The first-order chi connectivity index (χ1) is 22.2. The second-order valence-electron chi connectivity index (χ2n) is 13.1. The van der Waals surface area contributed by atoms with Crippen molar-refractivity contribution in [2.45, 2.75) is 43.3 Å². The molecule has 1 amide bonds. The topological polar surface area (TPSA) is 94.9 Å². The molecule has 2 aromatic heterocycles. The minimum Gasteiger partial charge on any atom is -0.465 e. The molecule has 9 nitrogen and oxygen atoms in total. The second kappa shape index (κ2) is 10.5. The monoisotopic (exact) mass is 616 g/mol. The van der Waals surface area contributed by atoms with Gasteiger partial charge in [-0.05, 0) is 37.1 Å². The number of pyridine rings is 1. The molecule has 4 aliphatic rings. The first-order valence-corrected chi connectivity index (χ1v) is 15.6. The largest absolute Gasteiger partial charge is 0.465 e. The van der Waals surface area contributed by atoms with E-state index in [1.54, 1.807) is 11.1 Å². The number of anilines is 1. The van der Waals surface area contributed by atoms with Gasteiger partial charge in [-0.15, -0.1) is 6.42 Å². The third-order valence-electron chi connectivity index (χ3n) is 10.1. The smallest absolute Gasteiger partial charge is 0.407 e. The van der Waals surface area contributed by atoms with Crippen LogP contribution in [-0.2, 0) is 0 Å². The molecular formula is C36H33FN6O3. The number of carboxylic acid groups (broad SMARTS) is 1. The number of nitrogens with zero attached hydrogens (tertiary/aromatic N) is 6. The Hall–Kier alpha value is -5.01. The average molecular weight is 617 g/mol. The molecule has 4 aromatic rings. The normalized spacial score (nSPS) is 22.1. The van der Waals surface area contributed by atoms with E-state index in [-0.39, 0.29) is 34.8 Å². The molecule has 4 aliphatic heterocycles. The summed E-state index contributed by atoms with van der Waals surface area (Å²) in [4.78, 5) is 32.1. The quantitative estimate of drug-likeness (QED) is 0.228. The summed E-state index contributed by atoms with van der Waals surface area (Å²) in [5, 5.41) is 11.9. The lowest BCUT2D eigenvalue weighted by Crippen LogP contribution is -2.55. The summed E-state index contributed by atoms with van der Waals surface area (Å²) < 4.78 is 23.2. The van der Waals surface area contributed by atoms with E-state index >= 15 is 4.39 Å². The fourth-order valence-electron chi connectivity index (χ4n) is 8.21. The fraction of sp³-hybridized carbons (Fsp3) is 0.333. The van der Waals surface area contributed by atoms with Gasteiger partial charge in [-0.2, -0.15) is 9.97 Å². The summed E-state index contributed by atoms with van der Waals surface area (Å²) >= 11 is 0. The number of aromatic nitrogens is 3. The number of rotatable bonds is 5. The van der Waals surface area contributed by atoms with E-state index in [4.69, 9.17) is 16.1 Å². The van der Waals surface area contributed by atoms with Crippen LogP contribution in [0, 0.1) is 18.2 Å². The van der Waals surface area contributed by atoms with Crippen molar-refractivity contribution in [2.75, 3.05) is 37.7 Å². The van der Waals surface area contributed by atoms with Gasteiger partial charge in [-0.25, -0.2) is 9.18 Å². The third-order valence-corrected chi connectivity index (χ3v) is 10.1. The van der Waals surface area contributed by atoms with Crippen LogP contribution in [0.3, 0.4) is 0 Å². The molecule has 0 aliphatic carbocycles. The van der Waals surface area contributed by atoms with Crippen molar-refractivity contribution in [3.8, 4) is 29.6 Å². The van der Waals surface area contributed by atoms with E-state index in [1.807, 2.05) is 41.3 Å². The fourth-order valence-corrected chi connectivity index (χ4v) is 8.21. The van der Waals surface area contributed by atoms with E-state index in [1.165, 1.54) is 0 Å². The minimum atomic E-state index is -0.914. The second-order valence-corrected chi connectivity index (χ2v) is 13.1. The van der Waals surface area contributed by atoms with Crippen LogP contribution in [0.2, 0.25) is 0 Å². The minimum absolute atomic E-state index is 0.0677. The number of amides is 1. The molecule has 2 atom stereocenters. The predicted molar refractivity (Wildman–Crippen MR) is 174 cm³/mol. The number of halogens is 1. The van der Waals surface area contributed by atoms with Gasteiger partial charge in [-0.3, -0.25) is 14.8 Å². The summed E-state index contributed by atoms with van der Waals surface area (Å²) in [6, 6.07) is 11.0. The maximum Gasteiger partial charge on any atom is 0.407 e. The molecule has 0 radical (unpaired) electrons. The van der Waals surface area contributed by atoms with Crippen LogP contribution in [0.25, 0.3) is 32.9 Å². The highest BCUT2D eigenvalue weighted by atomic mass is 19.1. The van der Waals surface area contributed by atoms with Crippen molar-refractivity contribution in [3.05, 3.63) is 78.3 Å². The zero-order valence-electron chi connectivity index (χ0n) is 25.4. The number of terminal acetylenes is 1. The highest BCUT2D eigenvalue weighted by Gasteiger charge is 2.48. The Bertz CT molecular complexity index is 1980. The van der Waals surface area contributed by atoms with Crippen molar-refractivity contribution >= 4 is 33.6 Å². The molecule has 4 fully saturated rings. The zero-order valence-corrected chi connectivity index (χ0v) is 25.4. The van der Waals surface area contributed by atoms with E-state index in [0.29, 0.717) is 42.0 Å². The molecular weight excluding hydrogens is 583 g/mol. The molecule has 232 valence electrons. The van der Waals surface area contributed by atoms with Crippen LogP contribution >= 0.6 is 0 Å². The van der Waals surface area contributed by atoms with Crippen LogP contribution in [0.15, 0.2) is 66.9 Å². The standard InChI is InChI=1S/C36H33FN6O3/c1-4-23-7-5-8-24-9-6-10-27(29(23)24)31-30(37)32-28(15-38-31)33(41-18-25-11-12-26(19-41)43(25)35(44)45)40-34(39-32)46-20-36-13-21(2)16-42(36)17-22(3)14-36/h1,5-10,15,25-26H,2-3,11-14,16-20H2,(H,44,45)/t25-,26+. The average Bonchev–Trinajstić information content (AvgIpc) is 3.62. The molecule has 0 saturated carbocycles. The highest BCUT2D eigenvalue weighted by molar-refractivity contribution is 6.02. The number of hydrogen-bond donors (Lipinski definition) is 1. The predicted octanol–water partition coefficient (Wildman–Crippen LogP) is 5.64. The number of carbonyl (C=O) groups is 1. The summed E-state index contributed by atoms with van der Waals surface area (Å²) in [5.74, 6) is 2.62. The number of fused-ring (bicyclic) bond motifs is 5. The van der Waals surface area contributed by atoms with Gasteiger partial charge in [0.05, 0.1) is 23.0 Å². The van der Waals surface area contributed by atoms with Gasteiger partial charge in [0.2, 0.25) is 0 Å². The Balaban J connectivity index is 1.25. The number of benzene rings is 2. The van der Waals surface area contributed by atoms with E-state index < -0.39 is 11.9 Å². The highest BCUT2D eigenvalue weighted by Crippen LogP contribution is 2.43. The molecule has 0 unspecified atom stereocenters. The Morgan fingerprint density at radius 1 is 1.09 bits per heavy atom. The summed E-state index contributed by atoms with van der Waals surface area (Å²) in [7, 11) is 0. The molecule has 4 saturated heterocycles. The van der Waals surface area contributed by atoms with E-state index in [9.17, 15) is 9.90 Å². The molecule has 0 spiro atoms. The summed E-state index contributed by atoms with van der Waals surface area (Å²) in [6.07, 6.45) is 9.64. The summed E-state index contributed by atoms with van der Waals surface area (Å²) in [6.45, 7) is 11.2. The Kier molecular flexibility index (Phi) is 6.51. The van der Waals surface area contributed by atoms with Crippen molar-refractivity contribution in [1.82, 2.24) is 24.8 Å². The van der Waals surface area contributed by atoms with Crippen LogP contribution in [-0.4, -0.2) is 86.4 Å². The number of hydrogen-bond acceptors (Lipinski definition) is 7. The van der Waals surface area contributed by atoms with Crippen LogP contribution in [0.4, 0.5) is 15.0 Å². The van der Waals surface area contributed by atoms with Crippen LogP contribution in [0.5, 0.6) is 6.01 Å².